The highest BCUT2D eigenvalue weighted by atomic mass is 32.2. The summed E-state index contributed by atoms with van der Waals surface area (Å²) in [6.45, 7) is 2.92. The van der Waals surface area contributed by atoms with Crippen LogP contribution in [0.5, 0.6) is 0 Å². The standard InChI is InChI=1S/C16H27N3O3S/c1-4-5-6-12-19(23(3,21)22)14-16(20)18(2)13-9-15-7-10-17-11-8-15/h7-8,10-11H,4-6,9,12-14H2,1-3H3. The van der Waals surface area contributed by atoms with Crippen LogP contribution >= 0.6 is 0 Å². The Bertz CT molecular complexity index is 575. The van der Waals surface area contributed by atoms with Crippen LogP contribution in [0.4, 0.5) is 0 Å². The van der Waals surface area contributed by atoms with E-state index in [9.17, 15) is 13.2 Å². The maximum atomic E-state index is 12.3. The molecule has 0 aliphatic rings. The molecule has 0 aliphatic heterocycles. The number of nitrogens with zero attached hydrogens (tertiary/aromatic N) is 3. The van der Waals surface area contributed by atoms with Gasteiger partial charge < -0.3 is 4.90 Å². The fraction of sp³-hybridized carbons (Fsp3) is 0.625. The van der Waals surface area contributed by atoms with Gasteiger partial charge in [0.05, 0.1) is 12.8 Å². The molecule has 1 aromatic rings. The number of unbranched alkanes of at least 4 members (excludes halogenated alkanes) is 2. The highest BCUT2D eigenvalue weighted by molar-refractivity contribution is 7.88. The van der Waals surface area contributed by atoms with Crippen molar-refractivity contribution in [3.8, 4) is 0 Å². The van der Waals surface area contributed by atoms with Gasteiger partial charge >= 0.3 is 0 Å². The summed E-state index contributed by atoms with van der Waals surface area (Å²) in [5.74, 6) is -0.180. The smallest absolute Gasteiger partial charge is 0.237 e. The lowest BCUT2D eigenvalue weighted by Crippen LogP contribution is -2.42. The number of carbonyl (C=O) groups excluding carboxylic acids is 1. The van der Waals surface area contributed by atoms with Crippen LogP contribution in [-0.2, 0) is 21.2 Å². The van der Waals surface area contributed by atoms with E-state index >= 15 is 0 Å². The Balaban J connectivity index is 2.52. The molecule has 0 unspecified atom stereocenters. The Morgan fingerprint density at radius 3 is 2.39 bits per heavy atom. The summed E-state index contributed by atoms with van der Waals surface area (Å²) in [6.07, 6.45) is 8.06. The van der Waals surface area contributed by atoms with Crippen LogP contribution in [0, 0.1) is 0 Å². The molecule has 0 fully saturated rings. The summed E-state index contributed by atoms with van der Waals surface area (Å²) in [5, 5.41) is 0. The molecule has 0 N–H and O–H groups in total. The molecule has 0 spiro atoms. The summed E-state index contributed by atoms with van der Waals surface area (Å²) < 4.78 is 24.9. The fourth-order valence-electron chi connectivity index (χ4n) is 2.14. The molecule has 0 radical (unpaired) electrons. The number of carbonyl (C=O) groups is 1. The van der Waals surface area contributed by atoms with Gasteiger partial charge in [0, 0.05) is 32.5 Å². The molecule has 0 saturated heterocycles. The second-order valence-corrected chi connectivity index (χ2v) is 7.71. The molecule has 1 rings (SSSR count). The van der Waals surface area contributed by atoms with Crippen LogP contribution in [0.25, 0.3) is 0 Å². The lowest BCUT2D eigenvalue weighted by molar-refractivity contribution is -0.130. The number of hydrogen-bond donors (Lipinski definition) is 0. The van der Waals surface area contributed by atoms with Crippen molar-refractivity contribution >= 4 is 15.9 Å². The molecular weight excluding hydrogens is 314 g/mol. The summed E-state index contributed by atoms with van der Waals surface area (Å²) in [6, 6.07) is 3.82. The number of aromatic nitrogens is 1. The Labute approximate surface area is 139 Å². The van der Waals surface area contributed by atoms with Crippen LogP contribution in [-0.4, -0.2) is 61.5 Å². The van der Waals surface area contributed by atoms with Crippen molar-refractivity contribution in [1.29, 1.82) is 0 Å². The second kappa shape index (κ2) is 9.62. The Kier molecular flexibility index (Phi) is 8.19. The molecule has 1 amide bonds. The highest BCUT2D eigenvalue weighted by Crippen LogP contribution is 2.05. The Morgan fingerprint density at radius 2 is 1.83 bits per heavy atom. The van der Waals surface area contributed by atoms with E-state index < -0.39 is 10.0 Å². The van der Waals surface area contributed by atoms with Gasteiger partial charge in [0.15, 0.2) is 0 Å². The van der Waals surface area contributed by atoms with Gasteiger partial charge in [-0.2, -0.15) is 4.31 Å². The van der Waals surface area contributed by atoms with Gasteiger partial charge in [0.2, 0.25) is 15.9 Å². The molecule has 1 heterocycles. The number of likely N-dealkylation sites (N-methyl/N-ethyl adjacent to an activating group) is 1. The van der Waals surface area contributed by atoms with Gasteiger partial charge in [-0.05, 0) is 30.5 Å². The van der Waals surface area contributed by atoms with Gasteiger partial charge in [-0.3, -0.25) is 9.78 Å². The zero-order valence-electron chi connectivity index (χ0n) is 14.2. The zero-order chi connectivity index (χ0) is 17.3. The van der Waals surface area contributed by atoms with Crippen molar-refractivity contribution in [1.82, 2.24) is 14.2 Å². The van der Waals surface area contributed by atoms with E-state index in [-0.39, 0.29) is 12.5 Å². The molecule has 0 saturated carbocycles. The minimum absolute atomic E-state index is 0.0879. The molecule has 0 bridgehead atoms. The third-order valence-electron chi connectivity index (χ3n) is 3.70. The average Bonchev–Trinajstić information content (AvgIpc) is 2.51. The number of pyridine rings is 1. The van der Waals surface area contributed by atoms with Gasteiger partial charge in [0.1, 0.15) is 0 Å². The minimum Gasteiger partial charge on any atom is -0.344 e. The van der Waals surface area contributed by atoms with E-state index in [2.05, 4.69) is 11.9 Å². The van der Waals surface area contributed by atoms with E-state index in [0.717, 1.165) is 37.5 Å². The van der Waals surface area contributed by atoms with E-state index in [0.29, 0.717) is 13.1 Å². The Morgan fingerprint density at radius 1 is 1.17 bits per heavy atom. The van der Waals surface area contributed by atoms with E-state index in [4.69, 9.17) is 0 Å². The maximum absolute atomic E-state index is 12.3. The van der Waals surface area contributed by atoms with Gasteiger partial charge in [-0.1, -0.05) is 19.8 Å². The van der Waals surface area contributed by atoms with Gasteiger partial charge in [0.25, 0.3) is 0 Å². The average molecular weight is 341 g/mol. The van der Waals surface area contributed by atoms with Crippen LogP contribution in [0.15, 0.2) is 24.5 Å². The molecule has 0 aromatic carbocycles. The first kappa shape index (κ1) is 19.6. The molecule has 1 aromatic heterocycles. The van der Waals surface area contributed by atoms with Gasteiger partial charge in [-0.25, -0.2) is 8.42 Å². The van der Waals surface area contributed by atoms with Gasteiger partial charge in [-0.15, -0.1) is 0 Å². The third kappa shape index (κ3) is 7.56. The van der Waals surface area contributed by atoms with Crippen molar-refractivity contribution in [3.05, 3.63) is 30.1 Å². The number of hydrogen-bond acceptors (Lipinski definition) is 4. The van der Waals surface area contributed by atoms with Crippen molar-refractivity contribution in [2.24, 2.45) is 0 Å². The molecule has 6 nitrogen and oxygen atoms in total. The maximum Gasteiger partial charge on any atom is 0.237 e. The van der Waals surface area contributed by atoms with Crippen molar-refractivity contribution < 1.29 is 13.2 Å². The van der Waals surface area contributed by atoms with Crippen molar-refractivity contribution in [3.63, 3.8) is 0 Å². The van der Waals surface area contributed by atoms with E-state index in [1.54, 1.807) is 24.3 Å². The number of sulfonamides is 1. The molecule has 130 valence electrons. The first-order valence-electron chi connectivity index (χ1n) is 7.92. The normalized spacial score (nSPS) is 11.7. The van der Waals surface area contributed by atoms with Crippen LogP contribution < -0.4 is 0 Å². The molecule has 0 aliphatic carbocycles. The minimum atomic E-state index is -3.36. The van der Waals surface area contributed by atoms with Crippen LogP contribution in [0.1, 0.15) is 31.7 Å². The quantitative estimate of drug-likeness (QED) is 0.605. The van der Waals surface area contributed by atoms with Crippen molar-refractivity contribution in [2.75, 3.05) is 32.9 Å². The molecule has 23 heavy (non-hydrogen) atoms. The lowest BCUT2D eigenvalue weighted by Gasteiger charge is -2.23. The number of amides is 1. The summed E-state index contributed by atoms with van der Waals surface area (Å²) in [5.41, 5.74) is 1.10. The summed E-state index contributed by atoms with van der Waals surface area (Å²) >= 11 is 0. The SMILES string of the molecule is CCCCCN(CC(=O)N(C)CCc1ccncc1)S(C)(=O)=O. The third-order valence-corrected chi connectivity index (χ3v) is 4.95. The summed E-state index contributed by atoms with van der Waals surface area (Å²) in [7, 11) is -1.66. The predicted octanol–water partition coefficient (Wildman–Crippen LogP) is 1.53. The van der Waals surface area contributed by atoms with Crippen LogP contribution in [0.3, 0.4) is 0 Å². The largest absolute Gasteiger partial charge is 0.344 e. The van der Waals surface area contributed by atoms with Crippen LogP contribution in [0.2, 0.25) is 0 Å². The predicted molar refractivity (Wildman–Crippen MR) is 91.5 cm³/mol. The molecule has 7 heteroatoms. The zero-order valence-corrected chi connectivity index (χ0v) is 15.1. The monoisotopic (exact) mass is 341 g/mol. The second-order valence-electron chi connectivity index (χ2n) is 5.72. The van der Waals surface area contributed by atoms with E-state index in [1.165, 1.54) is 4.31 Å². The Hall–Kier alpha value is -1.47. The first-order valence-corrected chi connectivity index (χ1v) is 9.77. The first-order chi connectivity index (χ1) is 10.8. The summed E-state index contributed by atoms with van der Waals surface area (Å²) in [4.78, 5) is 17.8. The highest BCUT2D eigenvalue weighted by Gasteiger charge is 2.21. The topological polar surface area (TPSA) is 70.6 Å². The lowest BCUT2D eigenvalue weighted by atomic mass is 10.2. The molecular formula is C16H27N3O3S. The van der Waals surface area contributed by atoms with Crippen molar-refractivity contribution in [2.45, 2.75) is 32.6 Å². The molecule has 0 atom stereocenters. The number of rotatable bonds is 10. The van der Waals surface area contributed by atoms with E-state index in [1.807, 2.05) is 12.1 Å². The fourth-order valence-corrected chi connectivity index (χ4v) is 2.95.